The van der Waals surface area contributed by atoms with Crippen molar-refractivity contribution in [3.8, 4) is 17.6 Å². The molecule has 0 radical (unpaired) electrons. The number of benzene rings is 2. The Hall–Kier alpha value is -1.91. The van der Waals surface area contributed by atoms with Gasteiger partial charge in [0.25, 0.3) is 0 Å². The summed E-state index contributed by atoms with van der Waals surface area (Å²) in [6, 6.07) is 14.2. The maximum Gasteiger partial charge on any atom is 0.116 e. The highest BCUT2D eigenvalue weighted by Crippen LogP contribution is 2.11. The lowest BCUT2D eigenvalue weighted by Gasteiger charge is -1.93. The molecule has 0 aromatic heterocycles. The Bertz CT molecular complexity index is 515. The van der Waals surface area contributed by atoms with Crippen LogP contribution in [0.25, 0.3) is 0 Å². The summed E-state index contributed by atoms with van der Waals surface area (Å²) in [4.78, 5) is 0. The second-order valence-corrected chi connectivity index (χ2v) is 3.75. The Morgan fingerprint density at radius 3 is 2.12 bits per heavy atom. The first-order valence-electron chi connectivity index (χ1n) is 4.81. The highest BCUT2D eigenvalue weighted by molar-refractivity contribution is 6.30. The van der Waals surface area contributed by atoms with Crippen molar-refractivity contribution in [2.45, 2.75) is 0 Å². The Kier molecular flexibility index (Phi) is 3.14. The zero-order valence-corrected chi connectivity index (χ0v) is 9.20. The lowest BCUT2D eigenvalue weighted by atomic mass is 10.2. The molecule has 1 N–H and O–H groups in total. The van der Waals surface area contributed by atoms with Crippen LogP contribution in [-0.4, -0.2) is 5.11 Å². The molecule has 0 atom stereocenters. The van der Waals surface area contributed by atoms with Crippen LogP contribution in [-0.2, 0) is 0 Å². The number of phenolic OH excluding ortho intramolecular Hbond substituents is 1. The van der Waals surface area contributed by atoms with E-state index in [9.17, 15) is 5.11 Å². The minimum absolute atomic E-state index is 0.220. The van der Waals surface area contributed by atoms with Crippen LogP contribution in [0.5, 0.6) is 5.75 Å². The molecule has 0 spiro atoms. The SMILES string of the molecule is Oc1cccc(C#Cc2cccc(Cl)c2)c1. The van der Waals surface area contributed by atoms with Crippen molar-refractivity contribution >= 4 is 11.6 Å². The lowest BCUT2D eigenvalue weighted by Crippen LogP contribution is -1.75. The fraction of sp³-hybridized carbons (Fsp3) is 0. The Labute approximate surface area is 99.3 Å². The quantitative estimate of drug-likeness (QED) is 0.685. The zero-order chi connectivity index (χ0) is 11.4. The number of hydrogen-bond donors (Lipinski definition) is 1. The van der Waals surface area contributed by atoms with Crippen molar-refractivity contribution in [2.24, 2.45) is 0 Å². The largest absolute Gasteiger partial charge is 0.508 e. The molecule has 16 heavy (non-hydrogen) atoms. The second-order valence-electron chi connectivity index (χ2n) is 3.31. The third-order valence-electron chi connectivity index (χ3n) is 2.02. The van der Waals surface area contributed by atoms with Crippen molar-refractivity contribution in [3.63, 3.8) is 0 Å². The van der Waals surface area contributed by atoms with Crippen LogP contribution in [0.2, 0.25) is 5.02 Å². The van der Waals surface area contributed by atoms with Crippen molar-refractivity contribution < 1.29 is 5.11 Å². The first kappa shape index (κ1) is 10.6. The minimum atomic E-state index is 0.220. The van der Waals surface area contributed by atoms with Gasteiger partial charge in [0.05, 0.1) is 0 Å². The topological polar surface area (TPSA) is 20.2 Å². The molecular weight excluding hydrogens is 220 g/mol. The summed E-state index contributed by atoms with van der Waals surface area (Å²) in [6.45, 7) is 0. The van der Waals surface area contributed by atoms with E-state index in [0.717, 1.165) is 11.1 Å². The Morgan fingerprint density at radius 2 is 1.50 bits per heavy atom. The molecule has 1 nitrogen and oxygen atoms in total. The summed E-state index contributed by atoms with van der Waals surface area (Å²) in [5.74, 6) is 6.16. The molecule has 0 heterocycles. The molecule has 78 valence electrons. The molecule has 0 bridgehead atoms. The predicted octanol–water partition coefficient (Wildman–Crippen LogP) is 3.45. The van der Waals surface area contributed by atoms with Crippen LogP contribution >= 0.6 is 11.6 Å². The van der Waals surface area contributed by atoms with Gasteiger partial charge in [-0.3, -0.25) is 0 Å². The van der Waals surface area contributed by atoms with Crippen molar-refractivity contribution in [1.29, 1.82) is 0 Å². The van der Waals surface area contributed by atoms with Crippen LogP contribution in [0.3, 0.4) is 0 Å². The third-order valence-corrected chi connectivity index (χ3v) is 2.26. The van der Waals surface area contributed by atoms with Gasteiger partial charge in [-0.2, -0.15) is 0 Å². The van der Waals surface area contributed by atoms with E-state index in [-0.39, 0.29) is 5.75 Å². The molecule has 2 rings (SSSR count). The molecule has 0 saturated carbocycles. The molecule has 0 saturated heterocycles. The van der Waals surface area contributed by atoms with Gasteiger partial charge in [-0.15, -0.1) is 0 Å². The fourth-order valence-electron chi connectivity index (χ4n) is 1.29. The van der Waals surface area contributed by atoms with Gasteiger partial charge in [-0.1, -0.05) is 35.6 Å². The van der Waals surface area contributed by atoms with E-state index in [1.165, 1.54) is 0 Å². The average molecular weight is 229 g/mol. The van der Waals surface area contributed by atoms with E-state index in [1.54, 1.807) is 30.3 Å². The van der Waals surface area contributed by atoms with E-state index < -0.39 is 0 Å². The van der Waals surface area contributed by atoms with Crippen LogP contribution < -0.4 is 0 Å². The van der Waals surface area contributed by atoms with Gasteiger partial charge in [-0.25, -0.2) is 0 Å². The summed E-state index contributed by atoms with van der Waals surface area (Å²) in [5, 5.41) is 9.93. The maximum atomic E-state index is 9.27. The highest BCUT2D eigenvalue weighted by Gasteiger charge is 1.90. The molecule has 0 fully saturated rings. The number of aromatic hydroxyl groups is 1. The van der Waals surface area contributed by atoms with E-state index in [1.807, 2.05) is 18.2 Å². The van der Waals surface area contributed by atoms with Crippen LogP contribution in [0, 0.1) is 11.8 Å². The van der Waals surface area contributed by atoms with Gasteiger partial charge in [0.15, 0.2) is 0 Å². The van der Waals surface area contributed by atoms with Crippen molar-refractivity contribution in [3.05, 3.63) is 64.7 Å². The van der Waals surface area contributed by atoms with E-state index >= 15 is 0 Å². The number of halogens is 1. The Morgan fingerprint density at radius 1 is 0.875 bits per heavy atom. The summed E-state index contributed by atoms with van der Waals surface area (Å²) in [6.07, 6.45) is 0. The smallest absolute Gasteiger partial charge is 0.116 e. The lowest BCUT2D eigenvalue weighted by molar-refractivity contribution is 0.475. The molecular formula is C14H9ClO. The highest BCUT2D eigenvalue weighted by atomic mass is 35.5. The number of phenols is 1. The standard InChI is InChI=1S/C14H9ClO/c15-13-5-1-3-11(9-13)7-8-12-4-2-6-14(16)10-12/h1-6,9-10,16H. The van der Waals surface area contributed by atoms with Gasteiger partial charge in [0.2, 0.25) is 0 Å². The molecule has 2 heteroatoms. The van der Waals surface area contributed by atoms with Gasteiger partial charge >= 0.3 is 0 Å². The minimum Gasteiger partial charge on any atom is -0.508 e. The number of hydrogen-bond acceptors (Lipinski definition) is 1. The van der Waals surface area contributed by atoms with Crippen LogP contribution in [0.1, 0.15) is 11.1 Å². The Balaban J connectivity index is 2.28. The average Bonchev–Trinajstić information content (AvgIpc) is 2.27. The molecule has 0 amide bonds. The van der Waals surface area contributed by atoms with E-state index in [4.69, 9.17) is 11.6 Å². The number of rotatable bonds is 0. The van der Waals surface area contributed by atoms with Crippen molar-refractivity contribution in [1.82, 2.24) is 0 Å². The zero-order valence-electron chi connectivity index (χ0n) is 8.44. The first-order chi connectivity index (χ1) is 7.74. The molecule has 0 aliphatic rings. The summed E-state index contributed by atoms with van der Waals surface area (Å²) in [7, 11) is 0. The fourth-order valence-corrected chi connectivity index (χ4v) is 1.48. The monoisotopic (exact) mass is 228 g/mol. The molecule has 0 unspecified atom stereocenters. The maximum absolute atomic E-state index is 9.27. The third kappa shape index (κ3) is 2.79. The summed E-state index contributed by atoms with van der Waals surface area (Å²) < 4.78 is 0. The van der Waals surface area contributed by atoms with E-state index in [0.29, 0.717) is 5.02 Å². The van der Waals surface area contributed by atoms with Crippen molar-refractivity contribution in [2.75, 3.05) is 0 Å². The van der Waals surface area contributed by atoms with Crippen LogP contribution in [0.15, 0.2) is 48.5 Å². The molecule has 0 aliphatic heterocycles. The summed E-state index contributed by atoms with van der Waals surface area (Å²) in [5.41, 5.74) is 1.64. The van der Waals surface area contributed by atoms with E-state index in [2.05, 4.69) is 11.8 Å². The predicted molar refractivity (Wildman–Crippen MR) is 65.5 cm³/mol. The second kappa shape index (κ2) is 4.74. The normalized spacial score (nSPS) is 9.31. The molecule has 2 aromatic rings. The van der Waals surface area contributed by atoms with Crippen LogP contribution in [0.4, 0.5) is 0 Å². The molecule has 2 aromatic carbocycles. The van der Waals surface area contributed by atoms with Gasteiger partial charge < -0.3 is 5.11 Å². The van der Waals surface area contributed by atoms with Gasteiger partial charge in [0, 0.05) is 16.1 Å². The molecule has 0 aliphatic carbocycles. The van der Waals surface area contributed by atoms with Gasteiger partial charge in [-0.05, 0) is 36.4 Å². The van der Waals surface area contributed by atoms with Gasteiger partial charge in [0.1, 0.15) is 5.75 Å². The first-order valence-corrected chi connectivity index (χ1v) is 5.18. The summed E-state index contributed by atoms with van der Waals surface area (Å²) >= 11 is 5.84.